The molecule has 0 spiro atoms. The van der Waals surface area contributed by atoms with Crippen LogP contribution in [0.3, 0.4) is 0 Å². The van der Waals surface area contributed by atoms with E-state index in [4.69, 9.17) is 0 Å². The second kappa shape index (κ2) is 5.87. The molecule has 0 aromatic heterocycles. The first-order valence-electron chi connectivity index (χ1n) is 6.73. The fourth-order valence-electron chi connectivity index (χ4n) is 2.49. The maximum Gasteiger partial charge on any atom is 0.244 e. The number of likely N-dealkylation sites (N-methyl/N-ethyl adjacent to an activating group) is 1. The Labute approximate surface area is 113 Å². The maximum absolute atomic E-state index is 12.3. The highest BCUT2D eigenvalue weighted by molar-refractivity contribution is 5.91. The molecule has 1 N–H and O–H groups in total. The summed E-state index contributed by atoms with van der Waals surface area (Å²) >= 11 is 0. The average Bonchev–Trinajstić information content (AvgIpc) is 2.73. The Morgan fingerprint density at radius 3 is 2.63 bits per heavy atom. The molecule has 2 atom stereocenters. The highest BCUT2D eigenvalue weighted by Gasteiger charge is 2.32. The van der Waals surface area contributed by atoms with Crippen molar-refractivity contribution < 1.29 is 9.59 Å². The number of carbonyl (C=O) groups excluding carboxylic acids is 2. The molecule has 2 amide bonds. The lowest BCUT2D eigenvalue weighted by molar-refractivity contribution is -0.132. The lowest BCUT2D eigenvalue weighted by atomic mass is 9.95. The van der Waals surface area contributed by atoms with Crippen LogP contribution in [0.15, 0.2) is 30.3 Å². The van der Waals surface area contributed by atoms with Gasteiger partial charge in [-0.3, -0.25) is 9.59 Å². The fourth-order valence-corrected chi connectivity index (χ4v) is 2.49. The molecule has 0 unspecified atom stereocenters. The summed E-state index contributed by atoms with van der Waals surface area (Å²) in [5.41, 5.74) is 1.00. The predicted molar refractivity (Wildman–Crippen MR) is 73.7 cm³/mol. The van der Waals surface area contributed by atoms with Crippen molar-refractivity contribution in [1.29, 1.82) is 0 Å². The molecule has 0 saturated carbocycles. The number of amides is 2. The Hall–Kier alpha value is -1.84. The van der Waals surface area contributed by atoms with Crippen LogP contribution in [-0.4, -0.2) is 36.3 Å². The zero-order valence-corrected chi connectivity index (χ0v) is 11.4. The Morgan fingerprint density at radius 2 is 2.11 bits per heavy atom. The molecule has 4 nitrogen and oxygen atoms in total. The standard InChI is InChI=1S/C15H20N2O2/c1-3-12(11-7-5-4-6-8-11)14(18)16-13-9-10-17(2)15(13)19/h4-8,12-13H,3,9-10H2,1-2H3,(H,16,18)/t12-,13+/m0/s1. The molecule has 0 radical (unpaired) electrons. The zero-order chi connectivity index (χ0) is 13.8. The van der Waals surface area contributed by atoms with E-state index in [1.165, 1.54) is 0 Å². The van der Waals surface area contributed by atoms with Crippen LogP contribution in [0.4, 0.5) is 0 Å². The summed E-state index contributed by atoms with van der Waals surface area (Å²) in [6, 6.07) is 9.35. The molecule has 1 aliphatic rings. The van der Waals surface area contributed by atoms with Crippen molar-refractivity contribution in [2.75, 3.05) is 13.6 Å². The van der Waals surface area contributed by atoms with E-state index in [9.17, 15) is 9.59 Å². The third-order valence-corrected chi connectivity index (χ3v) is 3.67. The average molecular weight is 260 g/mol. The summed E-state index contributed by atoms with van der Waals surface area (Å²) in [5, 5.41) is 2.88. The van der Waals surface area contributed by atoms with Gasteiger partial charge in [0.05, 0.1) is 5.92 Å². The van der Waals surface area contributed by atoms with Gasteiger partial charge in [0, 0.05) is 13.6 Å². The van der Waals surface area contributed by atoms with Crippen LogP contribution in [0.25, 0.3) is 0 Å². The van der Waals surface area contributed by atoms with Crippen LogP contribution < -0.4 is 5.32 Å². The van der Waals surface area contributed by atoms with E-state index >= 15 is 0 Å². The monoisotopic (exact) mass is 260 g/mol. The van der Waals surface area contributed by atoms with E-state index in [0.717, 1.165) is 12.0 Å². The van der Waals surface area contributed by atoms with Gasteiger partial charge in [-0.15, -0.1) is 0 Å². The summed E-state index contributed by atoms with van der Waals surface area (Å²) in [7, 11) is 1.77. The van der Waals surface area contributed by atoms with Crippen LogP contribution in [-0.2, 0) is 9.59 Å². The van der Waals surface area contributed by atoms with Gasteiger partial charge in [0.25, 0.3) is 0 Å². The second-order valence-corrected chi connectivity index (χ2v) is 4.98. The Bertz CT molecular complexity index is 458. The largest absolute Gasteiger partial charge is 0.344 e. The summed E-state index contributed by atoms with van der Waals surface area (Å²) in [4.78, 5) is 25.8. The number of likely N-dealkylation sites (tertiary alicyclic amines) is 1. The smallest absolute Gasteiger partial charge is 0.244 e. The lowest BCUT2D eigenvalue weighted by Crippen LogP contribution is -2.42. The molecule has 1 aliphatic heterocycles. The van der Waals surface area contributed by atoms with E-state index in [2.05, 4.69) is 5.32 Å². The van der Waals surface area contributed by atoms with Gasteiger partial charge in [0.2, 0.25) is 11.8 Å². The third kappa shape index (κ3) is 2.95. The van der Waals surface area contributed by atoms with Gasteiger partial charge in [-0.1, -0.05) is 37.3 Å². The van der Waals surface area contributed by atoms with Crippen molar-refractivity contribution in [3.8, 4) is 0 Å². The zero-order valence-electron chi connectivity index (χ0n) is 11.4. The van der Waals surface area contributed by atoms with Crippen molar-refractivity contribution in [2.24, 2.45) is 0 Å². The topological polar surface area (TPSA) is 49.4 Å². The first kappa shape index (κ1) is 13.6. The number of nitrogens with one attached hydrogen (secondary N) is 1. The molecular formula is C15H20N2O2. The highest BCUT2D eigenvalue weighted by atomic mass is 16.2. The van der Waals surface area contributed by atoms with E-state index in [1.807, 2.05) is 37.3 Å². The van der Waals surface area contributed by atoms with Gasteiger partial charge < -0.3 is 10.2 Å². The molecule has 1 aromatic rings. The van der Waals surface area contributed by atoms with Crippen molar-refractivity contribution in [3.63, 3.8) is 0 Å². The van der Waals surface area contributed by atoms with Crippen LogP contribution in [0.2, 0.25) is 0 Å². The molecule has 1 saturated heterocycles. The first-order valence-corrected chi connectivity index (χ1v) is 6.73. The minimum atomic E-state index is -0.352. The molecule has 0 aliphatic carbocycles. The van der Waals surface area contributed by atoms with Gasteiger partial charge in [-0.2, -0.15) is 0 Å². The van der Waals surface area contributed by atoms with Crippen LogP contribution in [0, 0.1) is 0 Å². The van der Waals surface area contributed by atoms with Gasteiger partial charge in [0.1, 0.15) is 6.04 Å². The molecule has 1 heterocycles. The molecule has 102 valence electrons. The second-order valence-electron chi connectivity index (χ2n) is 4.98. The van der Waals surface area contributed by atoms with E-state index in [-0.39, 0.29) is 23.8 Å². The van der Waals surface area contributed by atoms with Crippen molar-refractivity contribution in [3.05, 3.63) is 35.9 Å². The maximum atomic E-state index is 12.3. The predicted octanol–water partition coefficient (Wildman–Crippen LogP) is 1.53. The van der Waals surface area contributed by atoms with Gasteiger partial charge >= 0.3 is 0 Å². The van der Waals surface area contributed by atoms with Gasteiger partial charge in [-0.25, -0.2) is 0 Å². The molecule has 2 rings (SSSR count). The SMILES string of the molecule is CC[C@H](C(=O)N[C@@H]1CCN(C)C1=O)c1ccccc1. The number of carbonyl (C=O) groups is 2. The quantitative estimate of drug-likeness (QED) is 0.892. The summed E-state index contributed by atoms with van der Waals surface area (Å²) in [6.45, 7) is 2.70. The first-order chi connectivity index (χ1) is 9.13. The van der Waals surface area contributed by atoms with Crippen molar-refractivity contribution in [1.82, 2.24) is 10.2 Å². The van der Waals surface area contributed by atoms with E-state index in [1.54, 1.807) is 11.9 Å². The molecule has 1 aromatic carbocycles. The van der Waals surface area contributed by atoms with Crippen molar-refractivity contribution in [2.45, 2.75) is 31.7 Å². The van der Waals surface area contributed by atoms with Gasteiger partial charge in [0.15, 0.2) is 0 Å². The Kier molecular flexibility index (Phi) is 4.20. The summed E-state index contributed by atoms with van der Waals surface area (Å²) < 4.78 is 0. The Morgan fingerprint density at radius 1 is 1.42 bits per heavy atom. The Balaban J connectivity index is 2.04. The molecule has 19 heavy (non-hydrogen) atoms. The minimum Gasteiger partial charge on any atom is -0.344 e. The molecule has 0 bridgehead atoms. The third-order valence-electron chi connectivity index (χ3n) is 3.67. The fraction of sp³-hybridized carbons (Fsp3) is 0.467. The van der Waals surface area contributed by atoms with Gasteiger partial charge in [-0.05, 0) is 18.4 Å². The number of hydrogen-bond donors (Lipinski definition) is 1. The van der Waals surface area contributed by atoms with E-state index in [0.29, 0.717) is 13.0 Å². The molecule has 1 fully saturated rings. The number of benzene rings is 1. The highest BCUT2D eigenvalue weighted by Crippen LogP contribution is 2.20. The normalized spacial score (nSPS) is 20.4. The van der Waals surface area contributed by atoms with Crippen LogP contribution in [0.1, 0.15) is 31.2 Å². The van der Waals surface area contributed by atoms with Crippen LogP contribution in [0.5, 0.6) is 0 Å². The molecule has 4 heteroatoms. The number of rotatable bonds is 4. The van der Waals surface area contributed by atoms with Crippen LogP contribution >= 0.6 is 0 Å². The number of nitrogens with zero attached hydrogens (tertiary/aromatic N) is 1. The van der Waals surface area contributed by atoms with E-state index < -0.39 is 0 Å². The summed E-state index contributed by atoms with van der Waals surface area (Å²) in [5.74, 6) is -0.224. The lowest BCUT2D eigenvalue weighted by Gasteiger charge is -2.18. The molecular weight excluding hydrogens is 240 g/mol. The minimum absolute atomic E-state index is 0.0104. The summed E-state index contributed by atoms with van der Waals surface area (Å²) in [6.07, 6.45) is 1.43. The van der Waals surface area contributed by atoms with Crippen molar-refractivity contribution >= 4 is 11.8 Å². The number of hydrogen-bond acceptors (Lipinski definition) is 2.